The number of carbonyl (C=O) groups excluding carboxylic acids is 1. The Hall–Kier alpha value is -0.990. The lowest BCUT2D eigenvalue weighted by atomic mass is 9.98. The molecule has 1 aromatic carbocycles. The quantitative estimate of drug-likeness (QED) is 0.876. The Kier molecular flexibility index (Phi) is 5.00. The molecule has 1 aliphatic heterocycles. The summed E-state index contributed by atoms with van der Waals surface area (Å²) in [5, 5.41) is 2.52. The molecule has 1 atom stereocenters. The fourth-order valence-electron chi connectivity index (χ4n) is 2.28. The molecule has 5 nitrogen and oxygen atoms in total. The van der Waals surface area contributed by atoms with Gasteiger partial charge in [-0.1, -0.05) is 15.9 Å². The molecule has 21 heavy (non-hydrogen) atoms. The zero-order valence-electron chi connectivity index (χ0n) is 11.5. The Labute approximate surface area is 131 Å². The van der Waals surface area contributed by atoms with Crippen molar-refractivity contribution in [2.24, 2.45) is 5.92 Å². The van der Waals surface area contributed by atoms with Gasteiger partial charge >= 0.3 is 0 Å². The monoisotopic (exact) mass is 378 g/mol. The normalized spacial score (nSPS) is 20.2. The van der Waals surface area contributed by atoms with E-state index in [4.69, 9.17) is 0 Å². The molecule has 8 heteroatoms. The lowest BCUT2D eigenvalue weighted by Crippen LogP contribution is -2.43. The van der Waals surface area contributed by atoms with Crippen LogP contribution in [0.3, 0.4) is 0 Å². The fraction of sp³-hybridized carbons (Fsp3) is 0.462. The highest BCUT2D eigenvalue weighted by Crippen LogP contribution is 2.23. The van der Waals surface area contributed by atoms with E-state index < -0.39 is 21.8 Å². The van der Waals surface area contributed by atoms with E-state index in [1.807, 2.05) is 0 Å². The van der Waals surface area contributed by atoms with Gasteiger partial charge in [-0.05, 0) is 31.0 Å². The maximum absolute atomic E-state index is 13.7. The number of sulfonamides is 1. The highest BCUT2D eigenvalue weighted by atomic mass is 79.9. The van der Waals surface area contributed by atoms with Crippen molar-refractivity contribution in [1.82, 2.24) is 4.31 Å². The van der Waals surface area contributed by atoms with E-state index in [1.165, 1.54) is 16.4 Å². The van der Waals surface area contributed by atoms with Gasteiger partial charge in [0.25, 0.3) is 0 Å². The standard InChI is InChI=1S/C13H16BrFN2O3S/c1-21(19,20)17-6-2-3-9(8-17)13(18)16-12-5-4-10(14)7-11(12)15/h4-5,7,9H,2-3,6,8H2,1H3,(H,16,18)/t9-/m0/s1. The molecule has 0 saturated carbocycles. The maximum atomic E-state index is 13.7. The minimum absolute atomic E-state index is 0.0969. The van der Waals surface area contributed by atoms with E-state index in [0.29, 0.717) is 23.9 Å². The second-order valence-corrected chi connectivity index (χ2v) is 7.97. The summed E-state index contributed by atoms with van der Waals surface area (Å²) in [4.78, 5) is 12.2. The first-order valence-electron chi connectivity index (χ1n) is 6.48. The predicted molar refractivity (Wildman–Crippen MR) is 81.9 cm³/mol. The van der Waals surface area contributed by atoms with Gasteiger partial charge < -0.3 is 5.32 Å². The smallest absolute Gasteiger partial charge is 0.228 e. The summed E-state index contributed by atoms with van der Waals surface area (Å²) >= 11 is 3.14. The molecule has 0 spiro atoms. The number of nitrogens with one attached hydrogen (secondary N) is 1. The zero-order valence-corrected chi connectivity index (χ0v) is 13.9. The predicted octanol–water partition coefficient (Wildman–Crippen LogP) is 2.20. The van der Waals surface area contributed by atoms with Gasteiger partial charge in [0.2, 0.25) is 15.9 Å². The highest BCUT2D eigenvalue weighted by molar-refractivity contribution is 9.10. The third kappa shape index (κ3) is 4.24. The Morgan fingerprint density at radius 1 is 1.48 bits per heavy atom. The molecule has 0 aliphatic carbocycles. The molecule has 1 aliphatic rings. The topological polar surface area (TPSA) is 66.5 Å². The van der Waals surface area contributed by atoms with Gasteiger partial charge in [-0.3, -0.25) is 4.79 Å². The van der Waals surface area contributed by atoms with Crippen LogP contribution in [0.1, 0.15) is 12.8 Å². The summed E-state index contributed by atoms with van der Waals surface area (Å²) < 4.78 is 38.6. The van der Waals surface area contributed by atoms with Gasteiger partial charge in [-0.15, -0.1) is 0 Å². The van der Waals surface area contributed by atoms with Crippen LogP contribution in [-0.4, -0.2) is 38.0 Å². The van der Waals surface area contributed by atoms with Crippen molar-refractivity contribution in [2.45, 2.75) is 12.8 Å². The Balaban J connectivity index is 2.06. The van der Waals surface area contributed by atoms with Crippen LogP contribution >= 0.6 is 15.9 Å². The van der Waals surface area contributed by atoms with Crippen molar-refractivity contribution >= 4 is 37.5 Å². The van der Waals surface area contributed by atoms with Crippen LogP contribution in [0.2, 0.25) is 0 Å². The summed E-state index contributed by atoms with van der Waals surface area (Å²) in [7, 11) is -3.31. The third-order valence-corrected chi connectivity index (χ3v) is 5.18. The molecule has 0 bridgehead atoms. The number of halogens is 2. The van der Waals surface area contributed by atoms with Gasteiger partial charge in [0, 0.05) is 17.6 Å². The van der Waals surface area contributed by atoms with E-state index >= 15 is 0 Å². The van der Waals surface area contributed by atoms with E-state index in [1.54, 1.807) is 6.07 Å². The Morgan fingerprint density at radius 3 is 2.81 bits per heavy atom. The van der Waals surface area contributed by atoms with Crippen LogP contribution in [0.15, 0.2) is 22.7 Å². The Morgan fingerprint density at radius 2 is 2.19 bits per heavy atom. The molecule has 0 unspecified atom stereocenters. The molecule has 1 amide bonds. The van der Waals surface area contributed by atoms with Crippen molar-refractivity contribution < 1.29 is 17.6 Å². The lowest BCUT2D eigenvalue weighted by molar-refractivity contribution is -0.120. The average Bonchev–Trinajstić information content (AvgIpc) is 2.41. The lowest BCUT2D eigenvalue weighted by Gasteiger charge is -2.30. The first-order valence-corrected chi connectivity index (χ1v) is 9.12. The molecule has 2 rings (SSSR count). The number of carbonyl (C=O) groups is 1. The molecule has 1 fully saturated rings. The van der Waals surface area contributed by atoms with Crippen LogP contribution in [-0.2, 0) is 14.8 Å². The van der Waals surface area contributed by atoms with Crippen molar-refractivity contribution in [3.63, 3.8) is 0 Å². The Bertz CT molecular complexity index is 651. The van der Waals surface area contributed by atoms with Gasteiger partial charge in [0.1, 0.15) is 5.82 Å². The van der Waals surface area contributed by atoms with Crippen molar-refractivity contribution in [3.05, 3.63) is 28.5 Å². The largest absolute Gasteiger partial charge is 0.323 e. The fourth-order valence-corrected chi connectivity index (χ4v) is 3.53. The summed E-state index contributed by atoms with van der Waals surface area (Å²) in [5.41, 5.74) is 0.0969. The summed E-state index contributed by atoms with van der Waals surface area (Å²) in [6, 6.07) is 4.36. The average molecular weight is 379 g/mol. The van der Waals surface area contributed by atoms with E-state index in [-0.39, 0.29) is 18.1 Å². The first kappa shape index (κ1) is 16.4. The van der Waals surface area contributed by atoms with Gasteiger partial charge in [-0.2, -0.15) is 0 Å². The summed E-state index contributed by atoms with van der Waals surface area (Å²) in [5.74, 6) is -1.35. The zero-order chi connectivity index (χ0) is 15.6. The second kappa shape index (κ2) is 6.41. The molecule has 1 heterocycles. The molecule has 0 radical (unpaired) electrons. The number of hydrogen-bond donors (Lipinski definition) is 1. The molecular weight excluding hydrogens is 363 g/mol. The minimum atomic E-state index is -3.31. The number of nitrogens with zero attached hydrogens (tertiary/aromatic N) is 1. The summed E-state index contributed by atoms with van der Waals surface area (Å²) in [6.45, 7) is 0.568. The minimum Gasteiger partial charge on any atom is -0.323 e. The number of piperidine rings is 1. The number of rotatable bonds is 3. The molecule has 1 aromatic rings. The molecule has 1 saturated heterocycles. The maximum Gasteiger partial charge on any atom is 0.228 e. The molecule has 1 N–H and O–H groups in total. The third-order valence-electron chi connectivity index (χ3n) is 3.41. The number of benzene rings is 1. The van der Waals surface area contributed by atoms with Crippen LogP contribution in [0.25, 0.3) is 0 Å². The number of hydrogen-bond acceptors (Lipinski definition) is 3. The molecular formula is C13H16BrFN2O3S. The van der Waals surface area contributed by atoms with E-state index in [0.717, 1.165) is 6.26 Å². The van der Waals surface area contributed by atoms with Crippen molar-refractivity contribution in [1.29, 1.82) is 0 Å². The molecule has 0 aromatic heterocycles. The van der Waals surface area contributed by atoms with E-state index in [9.17, 15) is 17.6 Å². The number of amides is 1. The second-order valence-electron chi connectivity index (χ2n) is 5.07. The highest BCUT2D eigenvalue weighted by Gasteiger charge is 2.30. The molecule has 116 valence electrons. The van der Waals surface area contributed by atoms with Crippen molar-refractivity contribution in [2.75, 3.05) is 24.7 Å². The first-order chi connectivity index (χ1) is 9.77. The van der Waals surface area contributed by atoms with Crippen LogP contribution < -0.4 is 5.32 Å². The van der Waals surface area contributed by atoms with Gasteiger partial charge in [0.05, 0.1) is 17.9 Å². The number of anilines is 1. The van der Waals surface area contributed by atoms with Gasteiger partial charge in [-0.25, -0.2) is 17.1 Å². The van der Waals surface area contributed by atoms with Crippen LogP contribution in [0, 0.1) is 11.7 Å². The van der Waals surface area contributed by atoms with Crippen LogP contribution in [0.5, 0.6) is 0 Å². The summed E-state index contributed by atoms with van der Waals surface area (Å²) in [6.07, 6.45) is 2.34. The van der Waals surface area contributed by atoms with E-state index in [2.05, 4.69) is 21.2 Å². The van der Waals surface area contributed by atoms with Crippen molar-refractivity contribution in [3.8, 4) is 0 Å². The van der Waals surface area contributed by atoms with Crippen LogP contribution in [0.4, 0.5) is 10.1 Å². The van der Waals surface area contributed by atoms with Gasteiger partial charge in [0.15, 0.2) is 0 Å². The SMILES string of the molecule is CS(=O)(=O)N1CCC[C@H](C(=O)Nc2ccc(Br)cc2F)C1.